The molecule has 1 unspecified atom stereocenters. The molecule has 5 heteroatoms. The molecule has 5 fully saturated rings. The van der Waals surface area contributed by atoms with E-state index in [-0.39, 0.29) is 11.8 Å². The molecule has 6 rings (SSSR count). The molecule has 0 aromatic heterocycles. The Hall–Kier alpha value is -1.03. The molecule has 6 aliphatic rings. The molecule has 2 heterocycles. The summed E-state index contributed by atoms with van der Waals surface area (Å²) in [5.74, 6) is 3.82. The summed E-state index contributed by atoms with van der Waals surface area (Å²) in [7, 11) is 0. The smallest absolute Gasteiger partial charge is 0.171 e. The fourth-order valence-electron chi connectivity index (χ4n) is 9.83. The van der Waals surface area contributed by atoms with Crippen molar-refractivity contribution >= 4 is 0 Å². The highest BCUT2D eigenvalue weighted by molar-refractivity contribution is 5.26. The number of rotatable bonds is 1. The van der Waals surface area contributed by atoms with Gasteiger partial charge in [-0.3, -0.25) is 0 Å². The maximum Gasteiger partial charge on any atom is 0.171 e. The molecule has 176 valence electrons. The third-order valence-corrected chi connectivity index (χ3v) is 11.6. The summed E-state index contributed by atoms with van der Waals surface area (Å²) >= 11 is 0. The summed E-state index contributed by atoms with van der Waals surface area (Å²) in [6.07, 6.45) is 13.6. The van der Waals surface area contributed by atoms with Crippen LogP contribution in [0.5, 0.6) is 0 Å². The first kappa shape index (κ1) is 21.5. The van der Waals surface area contributed by atoms with E-state index in [2.05, 4.69) is 43.8 Å². The fraction of sp³-hybridized carbons (Fsp3) is 0.926. The van der Waals surface area contributed by atoms with Crippen LogP contribution in [-0.4, -0.2) is 24.5 Å². The van der Waals surface area contributed by atoms with Crippen molar-refractivity contribution in [3.63, 3.8) is 0 Å². The largest absolute Gasteiger partial charge is 0.349 e. The third kappa shape index (κ3) is 2.80. The summed E-state index contributed by atoms with van der Waals surface area (Å²) in [5.41, 5.74) is 11.2. The van der Waals surface area contributed by atoms with Crippen LogP contribution in [0.15, 0.2) is 16.8 Å². The minimum Gasteiger partial charge on any atom is -0.349 e. The highest BCUT2D eigenvalue weighted by Gasteiger charge is 2.68. The van der Waals surface area contributed by atoms with Gasteiger partial charge < -0.3 is 9.47 Å². The predicted octanol–water partition coefficient (Wildman–Crippen LogP) is 7.03. The molecule has 0 radical (unpaired) electrons. The highest BCUT2D eigenvalue weighted by Crippen LogP contribution is 2.70. The molecule has 0 aromatic carbocycles. The molecule has 3 saturated carbocycles. The van der Waals surface area contributed by atoms with Gasteiger partial charge in [-0.1, -0.05) is 44.5 Å². The topological polar surface area (TPSA) is 67.2 Å². The zero-order valence-corrected chi connectivity index (χ0v) is 20.4. The quantitative estimate of drug-likeness (QED) is 0.190. The number of allylic oxidation sites excluding steroid dienone is 1. The van der Waals surface area contributed by atoms with E-state index in [1.54, 1.807) is 5.57 Å². The Balaban J connectivity index is 1.26. The Bertz CT molecular complexity index is 857. The number of hydrogen-bond acceptors (Lipinski definition) is 3. The lowest BCUT2D eigenvalue weighted by molar-refractivity contribution is -0.272. The SMILES string of the molecule is C[C@@H]1CC[C@@]2(OC1)O[C@H]1C[C@H]3[C@@H]4CC=C5CC(N=[N+]=[N-])CC[C@]5(C)[C@H]4CC[C@]3(C)[C@H]1[C@@H]2C. The molecular formula is C27H41N3O2. The molecule has 5 nitrogen and oxygen atoms in total. The van der Waals surface area contributed by atoms with Crippen LogP contribution in [0.3, 0.4) is 0 Å². The first-order valence-electron chi connectivity index (χ1n) is 13.4. The van der Waals surface area contributed by atoms with Crippen LogP contribution in [0.4, 0.5) is 0 Å². The van der Waals surface area contributed by atoms with Gasteiger partial charge in [0.2, 0.25) is 0 Å². The van der Waals surface area contributed by atoms with Gasteiger partial charge in [-0.2, -0.15) is 0 Å². The van der Waals surface area contributed by atoms with Crippen molar-refractivity contribution < 1.29 is 9.47 Å². The Labute approximate surface area is 193 Å². The standard InChI is InChI=1S/C27H41N3O2/c1-16-7-12-27(31-15-16)17(2)24-23(32-27)14-22-20-6-5-18-13-19(29-30-28)8-10-25(18,3)21(20)9-11-26(22,24)4/h5,16-17,19-24H,6-15H2,1-4H3/t16-,17+,19?,20-,21+,22+,23+,24+,25+,26+,27-/m1/s1. The van der Waals surface area contributed by atoms with Crippen LogP contribution in [0.2, 0.25) is 0 Å². The predicted molar refractivity (Wildman–Crippen MR) is 125 cm³/mol. The molecule has 1 spiro atoms. The maximum absolute atomic E-state index is 8.92. The number of ether oxygens (including phenoxy) is 2. The van der Waals surface area contributed by atoms with Crippen molar-refractivity contribution in [1.82, 2.24) is 0 Å². The molecule has 0 N–H and O–H groups in total. The Kier molecular flexibility index (Phi) is 4.86. The highest BCUT2D eigenvalue weighted by atomic mass is 16.7. The first-order chi connectivity index (χ1) is 15.3. The monoisotopic (exact) mass is 439 g/mol. The number of azide groups is 1. The van der Waals surface area contributed by atoms with Crippen molar-refractivity contribution in [3.8, 4) is 0 Å². The van der Waals surface area contributed by atoms with Crippen LogP contribution >= 0.6 is 0 Å². The second-order valence-electron chi connectivity index (χ2n) is 12.9. The van der Waals surface area contributed by atoms with Crippen LogP contribution in [0.25, 0.3) is 10.4 Å². The molecule has 0 bridgehead atoms. The van der Waals surface area contributed by atoms with Gasteiger partial charge in [-0.05, 0) is 97.3 Å². The second-order valence-corrected chi connectivity index (χ2v) is 12.9. The molecule has 32 heavy (non-hydrogen) atoms. The molecule has 0 amide bonds. The van der Waals surface area contributed by atoms with Crippen LogP contribution < -0.4 is 0 Å². The van der Waals surface area contributed by atoms with Crippen LogP contribution in [0, 0.1) is 46.3 Å². The lowest BCUT2D eigenvalue weighted by Gasteiger charge is -2.58. The van der Waals surface area contributed by atoms with Gasteiger partial charge >= 0.3 is 0 Å². The normalized spacial score (nSPS) is 56.4. The van der Waals surface area contributed by atoms with E-state index in [9.17, 15) is 0 Å². The van der Waals surface area contributed by atoms with Gasteiger partial charge in [0, 0.05) is 23.3 Å². The number of fused-ring (bicyclic) bond motifs is 7. The molecule has 2 aliphatic heterocycles. The molecule has 0 aromatic rings. The molecular weight excluding hydrogens is 398 g/mol. The Morgan fingerprint density at radius 2 is 1.94 bits per heavy atom. The van der Waals surface area contributed by atoms with Crippen molar-refractivity contribution in [3.05, 3.63) is 22.1 Å². The Morgan fingerprint density at radius 3 is 2.69 bits per heavy atom. The van der Waals surface area contributed by atoms with E-state index in [0.717, 1.165) is 43.6 Å². The van der Waals surface area contributed by atoms with Crippen molar-refractivity contribution in [2.24, 2.45) is 51.5 Å². The van der Waals surface area contributed by atoms with Gasteiger partial charge in [0.15, 0.2) is 5.79 Å². The van der Waals surface area contributed by atoms with Gasteiger partial charge in [-0.15, -0.1) is 0 Å². The molecule has 4 aliphatic carbocycles. The summed E-state index contributed by atoms with van der Waals surface area (Å²) in [6.45, 7) is 10.8. The van der Waals surface area contributed by atoms with E-state index < -0.39 is 0 Å². The van der Waals surface area contributed by atoms with E-state index in [1.807, 2.05) is 0 Å². The number of nitrogens with zero attached hydrogens (tertiary/aromatic N) is 3. The molecule has 11 atom stereocenters. The summed E-state index contributed by atoms with van der Waals surface area (Å²) < 4.78 is 13.4. The van der Waals surface area contributed by atoms with Crippen LogP contribution in [-0.2, 0) is 9.47 Å². The fourth-order valence-corrected chi connectivity index (χ4v) is 9.83. The average Bonchev–Trinajstić information content (AvgIpc) is 3.21. The minimum atomic E-state index is -0.308. The minimum absolute atomic E-state index is 0.166. The zero-order chi connectivity index (χ0) is 22.3. The molecule has 2 saturated heterocycles. The van der Waals surface area contributed by atoms with E-state index in [0.29, 0.717) is 34.7 Å². The van der Waals surface area contributed by atoms with E-state index >= 15 is 0 Å². The van der Waals surface area contributed by atoms with Gasteiger partial charge in [0.25, 0.3) is 0 Å². The lowest BCUT2D eigenvalue weighted by atomic mass is 9.46. The van der Waals surface area contributed by atoms with Gasteiger partial charge in [0.05, 0.1) is 12.7 Å². The second kappa shape index (κ2) is 7.23. The third-order valence-electron chi connectivity index (χ3n) is 11.6. The Morgan fingerprint density at radius 1 is 1.09 bits per heavy atom. The average molecular weight is 440 g/mol. The summed E-state index contributed by atoms with van der Waals surface area (Å²) in [6, 6.07) is 0.166. The van der Waals surface area contributed by atoms with Crippen molar-refractivity contribution in [1.29, 1.82) is 0 Å². The maximum atomic E-state index is 8.92. The van der Waals surface area contributed by atoms with Crippen molar-refractivity contribution in [2.45, 2.75) is 103 Å². The first-order valence-corrected chi connectivity index (χ1v) is 13.4. The summed E-state index contributed by atoms with van der Waals surface area (Å²) in [4.78, 5) is 3.11. The van der Waals surface area contributed by atoms with E-state index in [4.69, 9.17) is 15.0 Å². The summed E-state index contributed by atoms with van der Waals surface area (Å²) in [5, 5.41) is 4.08. The lowest BCUT2D eigenvalue weighted by Crippen LogP contribution is -2.52. The van der Waals surface area contributed by atoms with E-state index in [1.165, 1.54) is 38.5 Å². The van der Waals surface area contributed by atoms with Gasteiger partial charge in [0.1, 0.15) is 0 Å². The zero-order valence-electron chi connectivity index (χ0n) is 20.4. The number of hydrogen-bond donors (Lipinski definition) is 0. The van der Waals surface area contributed by atoms with Crippen LogP contribution in [0.1, 0.15) is 85.5 Å². The van der Waals surface area contributed by atoms with Crippen molar-refractivity contribution in [2.75, 3.05) is 6.61 Å². The van der Waals surface area contributed by atoms with Gasteiger partial charge in [-0.25, -0.2) is 0 Å².